The van der Waals surface area contributed by atoms with Crippen LogP contribution in [0.5, 0.6) is 17.2 Å². The number of carbonyl (C=O) groups is 1. The van der Waals surface area contributed by atoms with Gasteiger partial charge in [0.05, 0.1) is 21.3 Å². The van der Waals surface area contributed by atoms with Crippen LogP contribution in [0.4, 0.5) is 0 Å². The summed E-state index contributed by atoms with van der Waals surface area (Å²) in [6.45, 7) is 0. The van der Waals surface area contributed by atoms with Crippen molar-refractivity contribution in [2.24, 2.45) is 0 Å². The Morgan fingerprint density at radius 2 is 1.46 bits per heavy atom. The number of hydrogen-bond donors (Lipinski definition) is 0. The molecule has 0 saturated heterocycles. The van der Waals surface area contributed by atoms with E-state index in [1.54, 1.807) is 24.3 Å². The van der Waals surface area contributed by atoms with Gasteiger partial charge in [-0.15, -0.1) is 0 Å². The lowest BCUT2D eigenvalue weighted by Crippen LogP contribution is -2.00. The summed E-state index contributed by atoms with van der Waals surface area (Å²) in [6, 6.07) is 17.5. The predicted molar refractivity (Wildman–Crippen MR) is 103 cm³/mol. The number of carbonyl (C=O) groups excluding carboxylic acids is 1. The van der Waals surface area contributed by atoms with Gasteiger partial charge in [0.15, 0.2) is 17.3 Å². The van der Waals surface area contributed by atoms with Crippen molar-refractivity contribution >= 4 is 22.6 Å². The molecule has 0 aromatic heterocycles. The summed E-state index contributed by atoms with van der Waals surface area (Å²) in [5.74, 6) is 1.23. The third kappa shape index (κ3) is 3.54. The quantitative estimate of drug-likeness (QED) is 0.476. The first kappa shape index (κ1) is 17.5. The zero-order valence-corrected chi connectivity index (χ0v) is 15.0. The molecule has 0 N–H and O–H groups in total. The Morgan fingerprint density at radius 3 is 2.08 bits per heavy atom. The zero-order chi connectivity index (χ0) is 18.5. The van der Waals surface area contributed by atoms with Crippen LogP contribution in [0.15, 0.2) is 60.7 Å². The zero-order valence-electron chi connectivity index (χ0n) is 15.0. The number of ketones is 1. The maximum absolute atomic E-state index is 12.6. The van der Waals surface area contributed by atoms with Crippen molar-refractivity contribution in [3.8, 4) is 17.2 Å². The molecule has 3 aromatic rings. The molecule has 132 valence electrons. The number of rotatable bonds is 6. The molecule has 0 spiro atoms. The van der Waals surface area contributed by atoms with Gasteiger partial charge in [-0.1, -0.05) is 42.5 Å². The van der Waals surface area contributed by atoms with Crippen LogP contribution in [0.25, 0.3) is 16.8 Å². The molecule has 0 fully saturated rings. The van der Waals surface area contributed by atoms with E-state index in [1.807, 2.05) is 36.4 Å². The van der Waals surface area contributed by atoms with Gasteiger partial charge in [-0.05, 0) is 40.6 Å². The largest absolute Gasteiger partial charge is 0.493 e. The van der Waals surface area contributed by atoms with Gasteiger partial charge in [-0.3, -0.25) is 4.79 Å². The molecule has 0 aliphatic carbocycles. The lowest BCUT2D eigenvalue weighted by atomic mass is 10.0. The topological polar surface area (TPSA) is 44.8 Å². The van der Waals surface area contributed by atoms with Crippen LogP contribution in [-0.2, 0) is 0 Å². The van der Waals surface area contributed by atoms with E-state index in [-0.39, 0.29) is 5.78 Å². The van der Waals surface area contributed by atoms with E-state index in [1.165, 1.54) is 26.7 Å². The van der Waals surface area contributed by atoms with E-state index in [0.29, 0.717) is 22.8 Å². The van der Waals surface area contributed by atoms with E-state index in [4.69, 9.17) is 14.2 Å². The molecule has 4 heteroatoms. The molecule has 0 saturated carbocycles. The van der Waals surface area contributed by atoms with Crippen molar-refractivity contribution < 1.29 is 19.0 Å². The molecular formula is C22H20O4. The summed E-state index contributed by atoms with van der Waals surface area (Å²) in [6.07, 6.45) is 3.35. The summed E-state index contributed by atoms with van der Waals surface area (Å²) >= 11 is 0. The normalized spacial score (nSPS) is 10.9. The Bertz CT molecular complexity index is 948. The summed E-state index contributed by atoms with van der Waals surface area (Å²) in [5.41, 5.74) is 1.43. The fourth-order valence-corrected chi connectivity index (χ4v) is 2.80. The molecule has 3 rings (SSSR count). The molecule has 0 radical (unpaired) electrons. The maximum Gasteiger partial charge on any atom is 0.203 e. The monoisotopic (exact) mass is 348 g/mol. The van der Waals surface area contributed by atoms with Crippen LogP contribution in [0.3, 0.4) is 0 Å². The highest BCUT2D eigenvalue weighted by Crippen LogP contribution is 2.38. The van der Waals surface area contributed by atoms with Crippen LogP contribution in [0, 0.1) is 0 Å². The van der Waals surface area contributed by atoms with Gasteiger partial charge in [0.25, 0.3) is 0 Å². The van der Waals surface area contributed by atoms with E-state index >= 15 is 0 Å². The second kappa shape index (κ2) is 7.74. The average Bonchev–Trinajstić information content (AvgIpc) is 2.70. The lowest BCUT2D eigenvalue weighted by molar-refractivity contribution is 0.104. The van der Waals surface area contributed by atoms with Gasteiger partial charge in [-0.2, -0.15) is 0 Å². The van der Waals surface area contributed by atoms with Crippen molar-refractivity contribution in [1.29, 1.82) is 0 Å². The highest BCUT2D eigenvalue weighted by atomic mass is 16.5. The fraction of sp³-hybridized carbons (Fsp3) is 0.136. The number of hydrogen-bond acceptors (Lipinski definition) is 4. The first-order valence-corrected chi connectivity index (χ1v) is 8.17. The van der Waals surface area contributed by atoms with Gasteiger partial charge >= 0.3 is 0 Å². The van der Waals surface area contributed by atoms with Crippen LogP contribution >= 0.6 is 0 Å². The van der Waals surface area contributed by atoms with Gasteiger partial charge in [0.1, 0.15) is 0 Å². The second-order valence-electron chi connectivity index (χ2n) is 5.72. The molecule has 0 bridgehead atoms. The highest BCUT2D eigenvalue weighted by molar-refractivity contribution is 6.07. The van der Waals surface area contributed by atoms with E-state index in [9.17, 15) is 4.79 Å². The number of allylic oxidation sites excluding steroid dienone is 1. The van der Waals surface area contributed by atoms with Crippen molar-refractivity contribution in [3.05, 3.63) is 71.8 Å². The summed E-state index contributed by atoms with van der Waals surface area (Å²) in [7, 11) is 4.58. The summed E-state index contributed by atoms with van der Waals surface area (Å²) < 4.78 is 15.9. The number of fused-ring (bicyclic) bond motifs is 1. The molecule has 26 heavy (non-hydrogen) atoms. The molecule has 0 unspecified atom stereocenters. The molecule has 3 aromatic carbocycles. The van der Waals surface area contributed by atoms with Crippen molar-refractivity contribution in [2.45, 2.75) is 0 Å². The highest BCUT2D eigenvalue weighted by Gasteiger charge is 2.15. The minimum absolute atomic E-state index is 0.141. The Hall–Kier alpha value is -3.27. The Morgan fingerprint density at radius 1 is 0.808 bits per heavy atom. The summed E-state index contributed by atoms with van der Waals surface area (Å²) in [4.78, 5) is 12.6. The fourth-order valence-electron chi connectivity index (χ4n) is 2.80. The first-order chi connectivity index (χ1) is 12.7. The third-order valence-corrected chi connectivity index (χ3v) is 4.15. The van der Waals surface area contributed by atoms with E-state index < -0.39 is 0 Å². The molecule has 0 aliphatic heterocycles. The predicted octanol–water partition coefficient (Wildman–Crippen LogP) is 4.76. The van der Waals surface area contributed by atoms with E-state index in [0.717, 1.165) is 10.9 Å². The number of ether oxygens (including phenoxy) is 3. The Balaban J connectivity index is 1.89. The van der Waals surface area contributed by atoms with Gasteiger partial charge in [0.2, 0.25) is 5.75 Å². The molecular weight excluding hydrogens is 328 g/mol. The Labute approximate surface area is 152 Å². The van der Waals surface area contributed by atoms with Gasteiger partial charge in [0, 0.05) is 5.56 Å². The minimum Gasteiger partial charge on any atom is -0.493 e. The molecule has 0 heterocycles. The van der Waals surface area contributed by atoms with Crippen LogP contribution in [0.1, 0.15) is 15.9 Å². The molecule has 4 nitrogen and oxygen atoms in total. The second-order valence-corrected chi connectivity index (χ2v) is 5.72. The van der Waals surface area contributed by atoms with Crippen molar-refractivity contribution in [1.82, 2.24) is 0 Å². The molecule has 0 amide bonds. The molecule has 0 aliphatic rings. The van der Waals surface area contributed by atoms with E-state index in [2.05, 4.69) is 6.07 Å². The minimum atomic E-state index is -0.141. The standard InChI is InChI=1S/C22H20O4/c1-24-20-13-18(14-21(25-2)22(20)26-3)19(23)11-9-15-8-10-16-6-4-5-7-17(16)12-15/h4-14H,1-3H3/b11-9+. The smallest absolute Gasteiger partial charge is 0.203 e. The third-order valence-electron chi connectivity index (χ3n) is 4.15. The SMILES string of the molecule is COc1cc(C(=O)/C=C/c2ccc3ccccc3c2)cc(OC)c1OC. The van der Waals surface area contributed by atoms with Gasteiger partial charge in [-0.25, -0.2) is 0 Å². The van der Waals surface area contributed by atoms with Crippen LogP contribution in [-0.4, -0.2) is 27.1 Å². The number of methoxy groups -OCH3 is 3. The first-order valence-electron chi connectivity index (χ1n) is 8.17. The summed E-state index contributed by atoms with van der Waals surface area (Å²) in [5, 5.41) is 2.30. The average molecular weight is 348 g/mol. The molecule has 0 atom stereocenters. The maximum atomic E-state index is 12.6. The van der Waals surface area contributed by atoms with Crippen LogP contribution in [0.2, 0.25) is 0 Å². The van der Waals surface area contributed by atoms with Crippen LogP contribution < -0.4 is 14.2 Å². The van der Waals surface area contributed by atoms with Crippen molar-refractivity contribution in [2.75, 3.05) is 21.3 Å². The lowest BCUT2D eigenvalue weighted by Gasteiger charge is -2.13. The Kier molecular flexibility index (Phi) is 5.23. The van der Waals surface area contributed by atoms with Gasteiger partial charge < -0.3 is 14.2 Å². The number of benzene rings is 3. The van der Waals surface area contributed by atoms with Crippen molar-refractivity contribution in [3.63, 3.8) is 0 Å².